The third kappa shape index (κ3) is 4.59. The largest absolute Gasteiger partial charge is 0.368 e. The van der Waals surface area contributed by atoms with Gasteiger partial charge < -0.3 is 16.4 Å². The SMILES string of the molecule is C[C@@H]1CCc2ncnc(NCCNC(=O)[C@H](N)Cc3ccc(Br)cc3)c21. The fraction of sp³-hybridized carbons (Fsp3) is 0.421. The molecule has 4 N–H and O–H groups in total. The highest BCUT2D eigenvalue weighted by Gasteiger charge is 2.23. The van der Waals surface area contributed by atoms with Gasteiger partial charge in [-0.1, -0.05) is 35.0 Å². The van der Waals surface area contributed by atoms with E-state index in [1.54, 1.807) is 6.33 Å². The van der Waals surface area contributed by atoms with Crippen LogP contribution in [0.2, 0.25) is 0 Å². The van der Waals surface area contributed by atoms with Crippen molar-refractivity contribution in [1.82, 2.24) is 15.3 Å². The van der Waals surface area contributed by atoms with Crippen LogP contribution in [0.5, 0.6) is 0 Å². The lowest BCUT2D eigenvalue weighted by Crippen LogP contribution is -2.43. The lowest BCUT2D eigenvalue weighted by Gasteiger charge is -2.15. The second-order valence-corrected chi connectivity index (χ2v) is 7.59. The summed E-state index contributed by atoms with van der Waals surface area (Å²) in [4.78, 5) is 20.9. The Morgan fingerprint density at radius 3 is 2.85 bits per heavy atom. The molecule has 0 unspecified atom stereocenters. The molecule has 138 valence electrons. The van der Waals surface area contributed by atoms with Crippen LogP contribution in [0.15, 0.2) is 35.1 Å². The Bertz CT molecular complexity index is 765. The standard InChI is InChI=1S/C19H24BrN5O/c1-12-2-7-16-17(12)18(25-11-24-16)22-8-9-23-19(26)15(21)10-13-3-5-14(20)6-4-13/h3-6,11-12,15H,2,7-10,21H2,1H3,(H,23,26)(H,22,24,25)/t12-,15-/m1/s1. The molecular formula is C19H24BrN5O. The van der Waals surface area contributed by atoms with Crippen molar-refractivity contribution in [3.63, 3.8) is 0 Å². The van der Waals surface area contributed by atoms with Crippen LogP contribution in [0.3, 0.4) is 0 Å². The van der Waals surface area contributed by atoms with Crippen molar-refractivity contribution in [2.24, 2.45) is 5.73 Å². The fourth-order valence-corrected chi connectivity index (χ4v) is 3.52. The van der Waals surface area contributed by atoms with Crippen molar-refractivity contribution in [2.75, 3.05) is 18.4 Å². The summed E-state index contributed by atoms with van der Waals surface area (Å²) in [5.41, 5.74) is 9.40. The molecular weight excluding hydrogens is 394 g/mol. The van der Waals surface area contributed by atoms with Crippen LogP contribution in [0.1, 0.15) is 36.1 Å². The van der Waals surface area contributed by atoms with Gasteiger partial charge in [-0.2, -0.15) is 0 Å². The van der Waals surface area contributed by atoms with Crippen molar-refractivity contribution < 1.29 is 4.79 Å². The van der Waals surface area contributed by atoms with Gasteiger partial charge in [0.2, 0.25) is 5.91 Å². The van der Waals surface area contributed by atoms with Gasteiger partial charge in [0, 0.05) is 28.8 Å². The summed E-state index contributed by atoms with van der Waals surface area (Å²) >= 11 is 3.40. The van der Waals surface area contributed by atoms with Gasteiger partial charge in [0.25, 0.3) is 0 Å². The number of fused-ring (bicyclic) bond motifs is 1. The maximum atomic E-state index is 12.2. The number of aryl methyl sites for hydroxylation is 1. The number of nitrogens with two attached hydrogens (primary N) is 1. The van der Waals surface area contributed by atoms with Gasteiger partial charge >= 0.3 is 0 Å². The molecule has 0 spiro atoms. The molecule has 1 aromatic heterocycles. The predicted molar refractivity (Wildman–Crippen MR) is 106 cm³/mol. The number of halogens is 1. The van der Waals surface area contributed by atoms with Gasteiger partial charge in [0.1, 0.15) is 12.1 Å². The van der Waals surface area contributed by atoms with E-state index in [1.807, 2.05) is 24.3 Å². The van der Waals surface area contributed by atoms with E-state index in [0.29, 0.717) is 25.4 Å². The molecule has 3 rings (SSSR count). The highest BCUT2D eigenvalue weighted by molar-refractivity contribution is 9.10. The van der Waals surface area contributed by atoms with Crippen LogP contribution in [0, 0.1) is 0 Å². The van der Waals surface area contributed by atoms with Gasteiger partial charge in [-0.15, -0.1) is 0 Å². The third-order valence-electron chi connectivity index (χ3n) is 4.70. The molecule has 0 saturated heterocycles. The first-order chi connectivity index (χ1) is 12.5. The lowest BCUT2D eigenvalue weighted by atomic mass is 10.1. The first-order valence-electron chi connectivity index (χ1n) is 8.90. The van der Waals surface area contributed by atoms with Crippen LogP contribution in [0.4, 0.5) is 5.82 Å². The van der Waals surface area contributed by atoms with Gasteiger partial charge in [0.15, 0.2) is 0 Å². The Morgan fingerprint density at radius 2 is 2.08 bits per heavy atom. The zero-order chi connectivity index (χ0) is 18.5. The van der Waals surface area contributed by atoms with Crippen LogP contribution in [-0.2, 0) is 17.6 Å². The Kier molecular flexibility index (Phi) is 6.21. The maximum Gasteiger partial charge on any atom is 0.237 e. The van der Waals surface area contributed by atoms with E-state index in [4.69, 9.17) is 5.73 Å². The Morgan fingerprint density at radius 1 is 1.31 bits per heavy atom. The maximum absolute atomic E-state index is 12.2. The molecule has 1 amide bonds. The quantitative estimate of drug-likeness (QED) is 0.601. The van der Waals surface area contributed by atoms with E-state index in [-0.39, 0.29) is 5.91 Å². The topological polar surface area (TPSA) is 92.9 Å². The molecule has 1 aromatic carbocycles. The van der Waals surface area contributed by atoms with Crippen molar-refractivity contribution in [3.05, 3.63) is 51.9 Å². The molecule has 0 fully saturated rings. The van der Waals surface area contributed by atoms with E-state index in [9.17, 15) is 4.79 Å². The lowest BCUT2D eigenvalue weighted by molar-refractivity contribution is -0.122. The Labute approximate surface area is 162 Å². The number of aromatic nitrogens is 2. The number of anilines is 1. The molecule has 6 nitrogen and oxygen atoms in total. The second-order valence-electron chi connectivity index (χ2n) is 6.68. The van der Waals surface area contributed by atoms with Crippen LogP contribution >= 0.6 is 15.9 Å². The predicted octanol–water partition coefficient (Wildman–Crippen LogP) is 2.39. The zero-order valence-corrected chi connectivity index (χ0v) is 16.4. The molecule has 0 saturated carbocycles. The van der Waals surface area contributed by atoms with Gasteiger partial charge in [-0.05, 0) is 42.9 Å². The van der Waals surface area contributed by atoms with Crippen LogP contribution < -0.4 is 16.4 Å². The van der Waals surface area contributed by atoms with Gasteiger partial charge in [-0.3, -0.25) is 4.79 Å². The first-order valence-corrected chi connectivity index (χ1v) is 9.69. The summed E-state index contributed by atoms with van der Waals surface area (Å²) in [5.74, 6) is 1.21. The number of hydrogen-bond donors (Lipinski definition) is 3. The van der Waals surface area contributed by atoms with Crippen LogP contribution in [0.25, 0.3) is 0 Å². The molecule has 1 heterocycles. The molecule has 0 bridgehead atoms. The molecule has 7 heteroatoms. The minimum atomic E-state index is -0.556. The van der Waals surface area contributed by atoms with E-state index >= 15 is 0 Å². The molecule has 2 aromatic rings. The number of benzene rings is 1. The Hall–Kier alpha value is -1.99. The summed E-state index contributed by atoms with van der Waals surface area (Å²) < 4.78 is 1.01. The summed E-state index contributed by atoms with van der Waals surface area (Å²) in [7, 11) is 0. The number of rotatable bonds is 7. The molecule has 0 radical (unpaired) electrons. The zero-order valence-electron chi connectivity index (χ0n) is 14.8. The normalized spacial score (nSPS) is 16.8. The highest BCUT2D eigenvalue weighted by atomic mass is 79.9. The summed E-state index contributed by atoms with van der Waals surface area (Å²) in [5, 5.41) is 6.20. The number of hydrogen-bond acceptors (Lipinski definition) is 5. The van der Waals surface area contributed by atoms with Crippen molar-refractivity contribution in [3.8, 4) is 0 Å². The van der Waals surface area contributed by atoms with E-state index in [2.05, 4.69) is 43.5 Å². The molecule has 0 aliphatic heterocycles. The van der Waals surface area contributed by atoms with E-state index in [1.165, 1.54) is 5.56 Å². The average Bonchev–Trinajstić information content (AvgIpc) is 3.02. The van der Waals surface area contributed by atoms with E-state index < -0.39 is 6.04 Å². The average molecular weight is 418 g/mol. The minimum absolute atomic E-state index is 0.143. The number of nitrogens with zero attached hydrogens (tertiary/aromatic N) is 2. The Balaban J connectivity index is 1.44. The van der Waals surface area contributed by atoms with E-state index in [0.717, 1.165) is 34.4 Å². The minimum Gasteiger partial charge on any atom is -0.368 e. The molecule has 1 aliphatic carbocycles. The monoisotopic (exact) mass is 417 g/mol. The summed E-state index contributed by atoms with van der Waals surface area (Å²) in [6.07, 6.45) is 4.25. The fourth-order valence-electron chi connectivity index (χ4n) is 3.25. The third-order valence-corrected chi connectivity index (χ3v) is 5.22. The van der Waals surface area contributed by atoms with Crippen LogP contribution in [-0.4, -0.2) is 35.0 Å². The molecule has 2 atom stereocenters. The van der Waals surface area contributed by atoms with Gasteiger partial charge in [-0.25, -0.2) is 9.97 Å². The number of nitrogens with one attached hydrogen (secondary N) is 2. The number of carbonyl (C=O) groups excluding carboxylic acids is 1. The molecule has 26 heavy (non-hydrogen) atoms. The van der Waals surface area contributed by atoms with Gasteiger partial charge in [0.05, 0.1) is 6.04 Å². The highest BCUT2D eigenvalue weighted by Crippen LogP contribution is 2.35. The van der Waals surface area contributed by atoms with Crippen molar-refractivity contribution in [2.45, 2.75) is 38.1 Å². The van der Waals surface area contributed by atoms with Crippen molar-refractivity contribution in [1.29, 1.82) is 0 Å². The number of carbonyl (C=O) groups is 1. The molecule has 1 aliphatic rings. The first kappa shape index (κ1) is 18.8. The second kappa shape index (κ2) is 8.60. The smallest absolute Gasteiger partial charge is 0.237 e. The number of amides is 1. The van der Waals surface area contributed by atoms with Crippen molar-refractivity contribution >= 4 is 27.7 Å². The summed E-state index contributed by atoms with van der Waals surface area (Å²) in [6.45, 7) is 3.30. The summed E-state index contributed by atoms with van der Waals surface area (Å²) in [6, 6.07) is 7.28.